The molecule has 0 unspecified atom stereocenters. The molecule has 0 aromatic heterocycles. The van der Waals surface area contributed by atoms with Gasteiger partial charge >= 0.3 is 5.97 Å². The van der Waals surface area contributed by atoms with Crippen LogP contribution in [0.2, 0.25) is 0 Å². The summed E-state index contributed by atoms with van der Waals surface area (Å²) in [5.41, 5.74) is 0.797. The molecule has 0 amide bonds. The first kappa shape index (κ1) is 15.4. The van der Waals surface area contributed by atoms with Crippen molar-refractivity contribution in [3.05, 3.63) is 35.9 Å². The molecule has 0 radical (unpaired) electrons. The minimum absolute atomic E-state index is 0.00746. The summed E-state index contributed by atoms with van der Waals surface area (Å²) in [4.78, 5) is 10.3. The third kappa shape index (κ3) is 5.21. The number of carboxylic acids is 1. The van der Waals surface area contributed by atoms with Crippen LogP contribution < -0.4 is 4.72 Å². The van der Waals surface area contributed by atoms with E-state index >= 15 is 0 Å². The fourth-order valence-corrected chi connectivity index (χ4v) is 2.27. The lowest BCUT2D eigenvalue weighted by Crippen LogP contribution is -2.29. The maximum absolute atomic E-state index is 11.7. The van der Waals surface area contributed by atoms with Crippen LogP contribution in [0.4, 0.5) is 0 Å². The molecule has 0 aliphatic rings. The smallest absolute Gasteiger partial charge is 0.318 e. The standard InChI is InChI=1S/C12H15NO5S/c14-8-2-1-3-10-4-6-11(7-5-10)19(17,18)13-9-12(15)16/h1,3-7,13-14H,2,8-9H2,(H,15,16). The number of carbonyl (C=O) groups is 1. The molecule has 0 saturated heterocycles. The molecule has 1 aromatic rings. The number of sulfonamides is 1. The molecule has 6 nitrogen and oxygen atoms in total. The van der Waals surface area contributed by atoms with Crippen LogP contribution in [0.1, 0.15) is 12.0 Å². The molecule has 0 spiro atoms. The van der Waals surface area contributed by atoms with Crippen LogP contribution in [0.15, 0.2) is 35.2 Å². The Kier molecular flexibility index (Phi) is 5.68. The maximum Gasteiger partial charge on any atom is 0.318 e. The van der Waals surface area contributed by atoms with Crippen molar-refractivity contribution in [3.63, 3.8) is 0 Å². The van der Waals surface area contributed by atoms with Gasteiger partial charge in [-0.2, -0.15) is 4.72 Å². The first-order valence-electron chi connectivity index (χ1n) is 5.54. The normalized spacial score (nSPS) is 11.8. The Morgan fingerprint density at radius 3 is 2.42 bits per heavy atom. The summed E-state index contributed by atoms with van der Waals surface area (Å²) < 4.78 is 25.3. The van der Waals surface area contributed by atoms with Gasteiger partial charge in [0.15, 0.2) is 0 Å². The second-order valence-electron chi connectivity index (χ2n) is 3.70. The number of hydrogen-bond donors (Lipinski definition) is 3. The Balaban J connectivity index is 2.77. The van der Waals surface area contributed by atoms with Crippen molar-refractivity contribution in [2.75, 3.05) is 13.2 Å². The second kappa shape index (κ2) is 7.03. The second-order valence-corrected chi connectivity index (χ2v) is 5.47. The highest BCUT2D eigenvalue weighted by Crippen LogP contribution is 2.11. The van der Waals surface area contributed by atoms with E-state index in [0.717, 1.165) is 5.56 Å². The highest BCUT2D eigenvalue weighted by molar-refractivity contribution is 7.89. The van der Waals surface area contributed by atoms with Crippen molar-refractivity contribution in [1.82, 2.24) is 4.72 Å². The molecule has 1 rings (SSSR count). The monoisotopic (exact) mass is 285 g/mol. The molecule has 0 aliphatic heterocycles. The molecule has 0 bridgehead atoms. The highest BCUT2D eigenvalue weighted by Gasteiger charge is 2.14. The van der Waals surface area contributed by atoms with Gasteiger partial charge in [-0.15, -0.1) is 0 Å². The van der Waals surface area contributed by atoms with Crippen molar-refractivity contribution in [3.8, 4) is 0 Å². The number of rotatable bonds is 7. The zero-order valence-corrected chi connectivity index (χ0v) is 10.9. The molecule has 104 valence electrons. The van der Waals surface area contributed by atoms with Crippen molar-refractivity contribution in [2.45, 2.75) is 11.3 Å². The number of hydrogen-bond acceptors (Lipinski definition) is 4. The van der Waals surface area contributed by atoms with Crippen molar-refractivity contribution in [1.29, 1.82) is 0 Å². The zero-order valence-electron chi connectivity index (χ0n) is 10.1. The predicted molar refractivity (Wildman–Crippen MR) is 70.0 cm³/mol. The molecule has 0 aliphatic carbocycles. The molecule has 7 heteroatoms. The van der Waals surface area contributed by atoms with E-state index in [1.807, 2.05) is 4.72 Å². The third-order valence-corrected chi connectivity index (χ3v) is 3.63. The van der Waals surface area contributed by atoms with Crippen molar-refractivity contribution < 1.29 is 23.4 Å². The van der Waals surface area contributed by atoms with Gasteiger partial charge < -0.3 is 10.2 Å². The zero-order chi connectivity index (χ0) is 14.3. The average molecular weight is 285 g/mol. The Bertz CT molecular complexity index is 548. The van der Waals surface area contributed by atoms with Gasteiger partial charge in [-0.3, -0.25) is 4.79 Å². The van der Waals surface area contributed by atoms with Gasteiger partial charge in [0.2, 0.25) is 10.0 Å². The fraction of sp³-hybridized carbons (Fsp3) is 0.250. The fourth-order valence-electron chi connectivity index (χ4n) is 1.29. The van der Waals surface area contributed by atoms with Crippen LogP contribution in [-0.4, -0.2) is 37.8 Å². The third-order valence-electron chi connectivity index (χ3n) is 2.21. The van der Waals surface area contributed by atoms with Gasteiger partial charge in [0.05, 0.1) is 4.90 Å². The van der Waals surface area contributed by atoms with Crippen molar-refractivity contribution in [2.24, 2.45) is 0 Å². The minimum atomic E-state index is -3.79. The Hall–Kier alpha value is -1.70. The van der Waals surface area contributed by atoms with E-state index in [0.29, 0.717) is 6.42 Å². The number of nitrogens with one attached hydrogen (secondary N) is 1. The average Bonchev–Trinajstić information content (AvgIpc) is 2.37. The van der Waals surface area contributed by atoms with E-state index in [4.69, 9.17) is 10.2 Å². The van der Waals surface area contributed by atoms with E-state index in [9.17, 15) is 13.2 Å². The molecule has 0 heterocycles. The van der Waals surface area contributed by atoms with Crippen LogP contribution in [0, 0.1) is 0 Å². The molecule has 0 fully saturated rings. The SMILES string of the molecule is O=C(O)CNS(=O)(=O)c1ccc(C=CCCO)cc1. The maximum atomic E-state index is 11.7. The summed E-state index contributed by atoms with van der Waals surface area (Å²) in [5.74, 6) is -1.24. The first-order valence-corrected chi connectivity index (χ1v) is 7.03. The quantitative estimate of drug-likeness (QED) is 0.674. The van der Waals surface area contributed by atoms with Crippen LogP contribution in [0.5, 0.6) is 0 Å². The summed E-state index contributed by atoms with van der Waals surface area (Å²) >= 11 is 0. The van der Waals surface area contributed by atoms with Gasteiger partial charge in [0.1, 0.15) is 6.54 Å². The van der Waals surface area contributed by atoms with Crippen LogP contribution in [0.25, 0.3) is 6.08 Å². The number of aliphatic hydroxyl groups is 1. The summed E-state index contributed by atoms with van der Waals surface area (Å²) in [6.45, 7) is -0.595. The molecular formula is C12H15NO5S. The largest absolute Gasteiger partial charge is 0.480 e. The number of aliphatic hydroxyl groups excluding tert-OH is 1. The number of benzene rings is 1. The lowest BCUT2D eigenvalue weighted by atomic mass is 10.2. The van der Waals surface area contributed by atoms with Gasteiger partial charge in [-0.25, -0.2) is 8.42 Å². The molecule has 0 atom stereocenters. The lowest BCUT2D eigenvalue weighted by Gasteiger charge is -2.04. The lowest BCUT2D eigenvalue weighted by molar-refractivity contribution is -0.135. The van der Waals surface area contributed by atoms with Crippen LogP contribution in [0.3, 0.4) is 0 Å². The Morgan fingerprint density at radius 1 is 1.26 bits per heavy atom. The molecule has 19 heavy (non-hydrogen) atoms. The van der Waals surface area contributed by atoms with Gasteiger partial charge in [-0.1, -0.05) is 24.3 Å². The predicted octanol–water partition coefficient (Wildman–Crippen LogP) is 0.445. The molecular weight excluding hydrogens is 270 g/mol. The van der Waals surface area contributed by atoms with E-state index in [1.54, 1.807) is 24.3 Å². The molecule has 1 aromatic carbocycles. The first-order chi connectivity index (χ1) is 8.95. The minimum Gasteiger partial charge on any atom is -0.480 e. The van der Waals surface area contributed by atoms with Crippen LogP contribution >= 0.6 is 0 Å². The van der Waals surface area contributed by atoms with E-state index in [-0.39, 0.29) is 11.5 Å². The molecule has 3 N–H and O–H groups in total. The summed E-state index contributed by atoms with van der Waals surface area (Å²) in [6, 6.07) is 5.98. The summed E-state index contributed by atoms with van der Waals surface area (Å²) in [5, 5.41) is 17.0. The molecule has 0 saturated carbocycles. The highest BCUT2D eigenvalue weighted by atomic mass is 32.2. The Morgan fingerprint density at radius 2 is 1.89 bits per heavy atom. The van der Waals surface area contributed by atoms with Gasteiger partial charge in [0, 0.05) is 6.61 Å². The summed E-state index contributed by atoms with van der Waals surface area (Å²) in [7, 11) is -3.79. The summed E-state index contributed by atoms with van der Waals surface area (Å²) in [6.07, 6.45) is 4.06. The van der Waals surface area contributed by atoms with Gasteiger partial charge in [-0.05, 0) is 24.1 Å². The Labute approximate surface area is 111 Å². The van der Waals surface area contributed by atoms with Crippen molar-refractivity contribution >= 4 is 22.1 Å². The van der Waals surface area contributed by atoms with E-state index in [2.05, 4.69) is 0 Å². The van der Waals surface area contributed by atoms with Crippen LogP contribution in [-0.2, 0) is 14.8 Å². The van der Waals surface area contributed by atoms with E-state index < -0.39 is 22.5 Å². The number of carboxylic acid groups (broad SMARTS) is 1. The van der Waals surface area contributed by atoms with E-state index in [1.165, 1.54) is 12.1 Å². The topological polar surface area (TPSA) is 104 Å². The van der Waals surface area contributed by atoms with Gasteiger partial charge in [0.25, 0.3) is 0 Å². The number of aliphatic carboxylic acids is 1.